The van der Waals surface area contributed by atoms with Gasteiger partial charge in [-0.3, -0.25) is 4.79 Å². The Balaban J connectivity index is 1.53. The molecule has 3 rings (SSSR count). The van der Waals surface area contributed by atoms with Crippen LogP contribution in [-0.2, 0) is 30.5 Å². The normalized spacial score (nSPS) is 13.7. The maximum Gasteiger partial charge on any atom is 0.224 e. The van der Waals surface area contributed by atoms with Crippen molar-refractivity contribution in [3.8, 4) is 0 Å². The van der Waals surface area contributed by atoms with Gasteiger partial charge in [-0.15, -0.1) is 0 Å². The summed E-state index contributed by atoms with van der Waals surface area (Å²) < 4.78 is 0. The zero-order chi connectivity index (χ0) is 15.4. The maximum absolute atomic E-state index is 11.9. The Morgan fingerprint density at radius 2 is 2.18 bits per heavy atom. The number of aromatic nitrogens is 2. The molecule has 0 spiro atoms. The van der Waals surface area contributed by atoms with Gasteiger partial charge in [0.1, 0.15) is 5.82 Å². The summed E-state index contributed by atoms with van der Waals surface area (Å²) in [6.45, 7) is 2.67. The van der Waals surface area contributed by atoms with Crippen molar-refractivity contribution >= 4 is 17.2 Å². The van der Waals surface area contributed by atoms with E-state index >= 15 is 0 Å². The van der Waals surface area contributed by atoms with Crippen molar-refractivity contribution in [2.45, 2.75) is 45.4 Å². The van der Waals surface area contributed by atoms with E-state index in [9.17, 15) is 4.79 Å². The molecule has 0 aliphatic heterocycles. The highest BCUT2D eigenvalue weighted by Gasteiger charge is 2.15. The zero-order valence-corrected chi connectivity index (χ0v) is 13.7. The molecular formula is C17H21N3OS. The lowest BCUT2D eigenvalue weighted by Crippen LogP contribution is -2.27. The Morgan fingerprint density at radius 3 is 3.00 bits per heavy atom. The second kappa shape index (κ2) is 7.01. The smallest absolute Gasteiger partial charge is 0.224 e. The summed E-state index contributed by atoms with van der Waals surface area (Å²) in [5.41, 5.74) is 4.75. The molecule has 5 heteroatoms. The number of nitrogens with zero attached hydrogens (tertiary/aromatic N) is 2. The molecular weight excluding hydrogens is 294 g/mol. The molecule has 2 heterocycles. The van der Waals surface area contributed by atoms with Gasteiger partial charge in [0.15, 0.2) is 0 Å². The van der Waals surface area contributed by atoms with Crippen LogP contribution in [0.25, 0.3) is 0 Å². The van der Waals surface area contributed by atoms with Crippen molar-refractivity contribution in [1.29, 1.82) is 0 Å². The molecule has 0 bridgehead atoms. The largest absolute Gasteiger partial charge is 0.355 e. The Hall–Kier alpha value is -1.75. The van der Waals surface area contributed by atoms with Gasteiger partial charge in [0.25, 0.3) is 0 Å². The van der Waals surface area contributed by atoms with Gasteiger partial charge in [-0.05, 0) is 60.6 Å². The molecule has 0 fully saturated rings. The van der Waals surface area contributed by atoms with E-state index in [1.807, 2.05) is 16.8 Å². The molecule has 1 N–H and O–H groups in total. The Bertz CT molecular complexity index is 652. The first-order chi connectivity index (χ1) is 10.7. The molecule has 22 heavy (non-hydrogen) atoms. The van der Waals surface area contributed by atoms with Crippen LogP contribution in [0, 0.1) is 6.92 Å². The van der Waals surface area contributed by atoms with E-state index in [2.05, 4.69) is 22.2 Å². The molecule has 1 aliphatic rings. The summed E-state index contributed by atoms with van der Waals surface area (Å²) in [7, 11) is 0. The highest BCUT2D eigenvalue weighted by Crippen LogP contribution is 2.21. The van der Waals surface area contributed by atoms with Crippen LogP contribution >= 0.6 is 11.3 Å². The summed E-state index contributed by atoms with van der Waals surface area (Å²) in [4.78, 5) is 21.1. The lowest BCUT2D eigenvalue weighted by Gasteiger charge is -2.17. The van der Waals surface area contributed by atoms with Crippen molar-refractivity contribution in [3.63, 3.8) is 0 Å². The van der Waals surface area contributed by atoms with Crippen LogP contribution in [0.1, 0.15) is 41.2 Å². The molecule has 116 valence electrons. The quantitative estimate of drug-likeness (QED) is 0.923. The minimum absolute atomic E-state index is 0.0630. The third-order valence-electron chi connectivity index (χ3n) is 4.05. The highest BCUT2D eigenvalue weighted by molar-refractivity contribution is 7.07. The van der Waals surface area contributed by atoms with Gasteiger partial charge in [-0.1, -0.05) is 0 Å². The number of thiophene rings is 1. The topological polar surface area (TPSA) is 54.9 Å². The fourth-order valence-corrected chi connectivity index (χ4v) is 3.58. The molecule has 2 aromatic rings. The fraction of sp³-hybridized carbons (Fsp3) is 0.471. The molecule has 2 aromatic heterocycles. The lowest BCUT2D eigenvalue weighted by molar-refractivity contribution is -0.120. The fourth-order valence-electron chi connectivity index (χ4n) is 2.91. The van der Waals surface area contributed by atoms with E-state index in [1.165, 1.54) is 24.1 Å². The average molecular weight is 315 g/mol. The predicted molar refractivity (Wildman–Crippen MR) is 88.1 cm³/mol. The average Bonchev–Trinajstić information content (AvgIpc) is 3.00. The number of hydrogen-bond acceptors (Lipinski definition) is 4. The van der Waals surface area contributed by atoms with Gasteiger partial charge in [-0.2, -0.15) is 11.3 Å². The van der Waals surface area contributed by atoms with Gasteiger partial charge in [0.05, 0.1) is 6.42 Å². The summed E-state index contributed by atoms with van der Waals surface area (Å²) >= 11 is 1.62. The van der Waals surface area contributed by atoms with Crippen LogP contribution < -0.4 is 5.32 Å². The number of amides is 1. The second-order valence-corrected chi connectivity index (χ2v) is 6.55. The molecule has 0 atom stereocenters. The van der Waals surface area contributed by atoms with Crippen molar-refractivity contribution in [2.75, 3.05) is 6.54 Å². The molecule has 0 saturated heterocycles. The van der Waals surface area contributed by atoms with E-state index in [-0.39, 0.29) is 5.91 Å². The molecule has 1 aliphatic carbocycles. The van der Waals surface area contributed by atoms with Crippen molar-refractivity contribution in [2.24, 2.45) is 0 Å². The number of carbonyl (C=O) groups is 1. The number of carbonyl (C=O) groups excluding carboxylic acids is 1. The predicted octanol–water partition coefficient (Wildman–Crippen LogP) is 2.63. The van der Waals surface area contributed by atoms with Gasteiger partial charge in [0, 0.05) is 24.4 Å². The summed E-state index contributed by atoms with van der Waals surface area (Å²) in [6, 6.07) is 1.99. The molecule has 0 aromatic carbocycles. The summed E-state index contributed by atoms with van der Waals surface area (Å²) in [6.07, 6.45) is 5.79. The van der Waals surface area contributed by atoms with Gasteiger partial charge < -0.3 is 5.32 Å². The highest BCUT2D eigenvalue weighted by atomic mass is 32.1. The second-order valence-electron chi connectivity index (χ2n) is 5.77. The summed E-state index contributed by atoms with van der Waals surface area (Å²) in [5, 5.41) is 6.96. The third-order valence-corrected chi connectivity index (χ3v) is 4.78. The van der Waals surface area contributed by atoms with Crippen LogP contribution in [-0.4, -0.2) is 22.4 Å². The minimum Gasteiger partial charge on any atom is -0.355 e. The SMILES string of the molecule is Cc1nc(CCNC(=O)Cc2ccsc2)nc2c1CCCC2. The van der Waals surface area contributed by atoms with Crippen molar-refractivity contribution in [3.05, 3.63) is 45.2 Å². The van der Waals surface area contributed by atoms with Crippen LogP contribution in [0.4, 0.5) is 0 Å². The van der Waals surface area contributed by atoms with Crippen LogP contribution in [0.3, 0.4) is 0 Å². The number of aryl methyl sites for hydroxylation is 2. The maximum atomic E-state index is 11.9. The number of fused-ring (bicyclic) bond motifs is 1. The zero-order valence-electron chi connectivity index (χ0n) is 12.9. The molecule has 0 radical (unpaired) electrons. The van der Waals surface area contributed by atoms with Crippen LogP contribution in [0.5, 0.6) is 0 Å². The number of rotatable bonds is 5. The first-order valence-electron chi connectivity index (χ1n) is 7.85. The Labute approximate surface area is 135 Å². The van der Waals surface area contributed by atoms with Crippen molar-refractivity contribution < 1.29 is 4.79 Å². The number of nitrogens with one attached hydrogen (secondary N) is 1. The standard InChI is InChI=1S/C17H21N3OS/c1-12-14-4-2-3-5-15(14)20-16(19-12)6-8-18-17(21)10-13-7-9-22-11-13/h7,9,11H,2-6,8,10H2,1H3,(H,18,21). The number of hydrogen-bond donors (Lipinski definition) is 1. The Morgan fingerprint density at radius 1 is 1.32 bits per heavy atom. The Kier molecular flexibility index (Phi) is 4.83. The molecule has 0 saturated carbocycles. The third kappa shape index (κ3) is 3.71. The molecule has 4 nitrogen and oxygen atoms in total. The monoisotopic (exact) mass is 315 g/mol. The van der Waals surface area contributed by atoms with Gasteiger partial charge >= 0.3 is 0 Å². The van der Waals surface area contributed by atoms with Crippen LogP contribution in [0.15, 0.2) is 16.8 Å². The molecule has 0 unspecified atom stereocenters. The van der Waals surface area contributed by atoms with Gasteiger partial charge in [0.2, 0.25) is 5.91 Å². The van der Waals surface area contributed by atoms with E-state index in [1.54, 1.807) is 11.3 Å². The minimum atomic E-state index is 0.0630. The van der Waals surface area contributed by atoms with Crippen molar-refractivity contribution in [1.82, 2.24) is 15.3 Å². The van der Waals surface area contributed by atoms with E-state index in [0.29, 0.717) is 19.4 Å². The summed E-state index contributed by atoms with van der Waals surface area (Å²) in [5.74, 6) is 0.919. The molecule has 1 amide bonds. The van der Waals surface area contributed by atoms with Gasteiger partial charge in [-0.25, -0.2) is 9.97 Å². The first-order valence-corrected chi connectivity index (χ1v) is 8.79. The van der Waals surface area contributed by atoms with E-state index in [0.717, 1.165) is 29.9 Å². The first kappa shape index (κ1) is 15.2. The van der Waals surface area contributed by atoms with Crippen LogP contribution in [0.2, 0.25) is 0 Å². The lowest BCUT2D eigenvalue weighted by atomic mass is 9.95. The van der Waals surface area contributed by atoms with E-state index in [4.69, 9.17) is 0 Å². The van der Waals surface area contributed by atoms with E-state index < -0.39 is 0 Å².